The Morgan fingerprint density at radius 3 is 2.50 bits per heavy atom. The van der Waals surface area contributed by atoms with Crippen LogP contribution in [0.25, 0.3) is 17.3 Å². The van der Waals surface area contributed by atoms with E-state index in [4.69, 9.17) is 10.4 Å². The summed E-state index contributed by atoms with van der Waals surface area (Å²) in [7, 11) is 0. The first-order valence-corrected chi connectivity index (χ1v) is 9.75. The number of hydrazone groups is 1. The fourth-order valence-corrected chi connectivity index (χ4v) is 3.69. The van der Waals surface area contributed by atoms with E-state index >= 15 is 0 Å². The maximum Gasteiger partial charge on any atom is 0.335 e. The molecule has 30 heavy (non-hydrogen) atoms. The normalized spacial score (nSPS) is 14.7. The van der Waals surface area contributed by atoms with Crippen LogP contribution >= 0.6 is 11.3 Å². The number of hydrogen-bond donors (Lipinski definition) is 1. The third-order valence-electron chi connectivity index (χ3n) is 4.51. The molecule has 0 radical (unpaired) electrons. The van der Waals surface area contributed by atoms with Gasteiger partial charge in [0.25, 0.3) is 5.91 Å². The zero-order chi connectivity index (χ0) is 21.3. The van der Waals surface area contributed by atoms with E-state index < -0.39 is 5.97 Å². The van der Waals surface area contributed by atoms with Crippen LogP contribution in [0.15, 0.2) is 64.6 Å². The average Bonchev–Trinajstić information content (AvgIpc) is 3.35. The highest BCUT2D eigenvalue weighted by atomic mass is 32.1. The topological polar surface area (TPSA) is 107 Å². The lowest BCUT2D eigenvalue weighted by Crippen LogP contribution is -2.21. The van der Waals surface area contributed by atoms with Crippen molar-refractivity contribution >= 4 is 40.1 Å². The van der Waals surface area contributed by atoms with E-state index in [-0.39, 0.29) is 11.5 Å². The molecule has 3 aromatic rings. The molecule has 1 aliphatic heterocycles. The fourth-order valence-electron chi connectivity index (χ4n) is 2.91. The second-order valence-corrected chi connectivity index (χ2v) is 7.33. The lowest BCUT2D eigenvalue weighted by Gasteiger charge is -2.07. The maximum atomic E-state index is 12.9. The summed E-state index contributed by atoms with van der Waals surface area (Å²) in [5.74, 6) is -1.30. The summed E-state index contributed by atoms with van der Waals surface area (Å²) in [6.45, 7) is 1.74. The molecule has 0 spiro atoms. The molecule has 0 unspecified atom stereocenters. The lowest BCUT2D eigenvalue weighted by molar-refractivity contribution is -0.114. The first-order valence-electron chi connectivity index (χ1n) is 8.87. The highest BCUT2D eigenvalue weighted by Crippen LogP contribution is 2.31. The first-order chi connectivity index (χ1) is 14.5. The number of nitriles is 1. The van der Waals surface area contributed by atoms with Crippen LogP contribution < -0.4 is 5.01 Å². The number of aromatic nitrogens is 1. The third-order valence-corrected chi connectivity index (χ3v) is 5.33. The van der Waals surface area contributed by atoms with Gasteiger partial charge in [-0.15, -0.1) is 11.3 Å². The van der Waals surface area contributed by atoms with Gasteiger partial charge in [0.05, 0.1) is 34.2 Å². The van der Waals surface area contributed by atoms with Crippen molar-refractivity contribution in [3.63, 3.8) is 0 Å². The van der Waals surface area contributed by atoms with Gasteiger partial charge in [0.2, 0.25) is 5.13 Å². The van der Waals surface area contributed by atoms with Crippen LogP contribution in [-0.4, -0.2) is 27.7 Å². The Hall–Kier alpha value is -4.09. The summed E-state index contributed by atoms with van der Waals surface area (Å²) in [6.07, 6.45) is 1.68. The van der Waals surface area contributed by atoms with Crippen LogP contribution in [0.2, 0.25) is 0 Å². The molecule has 1 amide bonds. The van der Waals surface area contributed by atoms with Crippen LogP contribution in [0.5, 0.6) is 0 Å². The van der Waals surface area contributed by atoms with Crippen molar-refractivity contribution in [2.24, 2.45) is 5.10 Å². The van der Waals surface area contributed by atoms with Gasteiger partial charge in [-0.2, -0.15) is 15.4 Å². The van der Waals surface area contributed by atoms with Gasteiger partial charge < -0.3 is 5.11 Å². The molecule has 1 N–H and O–H groups in total. The molecule has 2 aromatic carbocycles. The zero-order valence-electron chi connectivity index (χ0n) is 15.7. The molecule has 1 aliphatic rings. The number of hydrogen-bond acceptors (Lipinski definition) is 6. The smallest absolute Gasteiger partial charge is 0.335 e. The number of carboxylic acid groups (broad SMARTS) is 1. The summed E-state index contributed by atoms with van der Waals surface area (Å²) in [5.41, 5.74) is 3.97. The number of thiazole rings is 1. The molecule has 0 bridgehead atoms. The van der Waals surface area contributed by atoms with Crippen molar-refractivity contribution in [1.29, 1.82) is 5.26 Å². The van der Waals surface area contributed by atoms with Gasteiger partial charge in [-0.25, -0.2) is 9.78 Å². The number of rotatable bonds is 4. The second kappa shape index (κ2) is 7.73. The van der Waals surface area contributed by atoms with Gasteiger partial charge in [0, 0.05) is 10.9 Å². The Bertz CT molecular complexity index is 1250. The van der Waals surface area contributed by atoms with Crippen molar-refractivity contribution in [1.82, 2.24) is 4.98 Å². The minimum atomic E-state index is -1.00. The van der Waals surface area contributed by atoms with Gasteiger partial charge in [-0.3, -0.25) is 4.79 Å². The van der Waals surface area contributed by atoms with Gasteiger partial charge in [0.15, 0.2) is 0 Å². The Morgan fingerprint density at radius 2 is 1.87 bits per heavy atom. The van der Waals surface area contributed by atoms with E-state index in [2.05, 4.69) is 16.2 Å². The van der Waals surface area contributed by atoms with Crippen LogP contribution in [0.3, 0.4) is 0 Å². The fraction of sp³-hybridized carbons (Fsp3) is 0.0455. The zero-order valence-corrected chi connectivity index (χ0v) is 16.6. The minimum absolute atomic E-state index is 0.181. The van der Waals surface area contributed by atoms with Gasteiger partial charge in [0.1, 0.15) is 0 Å². The number of aromatic carboxylic acids is 1. The number of amides is 1. The number of carbonyl (C=O) groups excluding carboxylic acids is 1. The highest BCUT2D eigenvalue weighted by Gasteiger charge is 2.30. The monoisotopic (exact) mass is 414 g/mol. The molecule has 0 atom stereocenters. The number of carboxylic acids is 1. The predicted molar refractivity (Wildman–Crippen MR) is 114 cm³/mol. The summed E-state index contributed by atoms with van der Waals surface area (Å²) >= 11 is 1.30. The number of anilines is 1. The molecule has 0 saturated heterocycles. The molecular formula is C22H14N4O3S. The van der Waals surface area contributed by atoms with Crippen LogP contribution in [-0.2, 0) is 4.79 Å². The van der Waals surface area contributed by atoms with E-state index in [9.17, 15) is 9.59 Å². The molecule has 0 aliphatic carbocycles. The molecular weight excluding hydrogens is 400 g/mol. The molecule has 4 rings (SSSR count). The van der Waals surface area contributed by atoms with E-state index in [1.807, 2.05) is 17.5 Å². The Morgan fingerprint density at radius 1 is 1.17 bits per heavy atom. The summed E-state index contributed by atoms with van der Waals surface area (Å²) in [6, 6.07) is 15.4. The summed E-state index contributed by atoms with van der Waals surface area (Å²) < 4.78 is 0. The van der Waals surface area contributed by atoms with Crippen LogP contribution in [0, 0.1) is 11.3 Å². The minimum Gasteiger partial charge on any atom is -0.478 e. The van der Waals surface area contributed by atoms with Crippen molar-refractivity contribution in [2.45, 2.75) is 6.92 Å². The maximum absolute atomic E-state index is 12.9. The Balaban J connectivity index is 1.58. The van der Waals surface area contributed by atoms with E-state index in [1.54, 1.807) is 37.3 Å². The Kier molecular flexibility index (Phi) is 4.96. The van der Waals surface area contributed by atoms with Gasteiger partial charge in [-0.05, 0) is 42.8 Å². The van der Waals surface area contributed by atoms with Crippen molar-refractivity contribution in [2.75, 3.05) is 5.01 Å². The lowest BCUT2D eigenvalue weighted by atomic mass is 10.1. The van der Waals surface area contributed by atoms with Gasteiger partial charge >= 0.3 is 5.97 Å². The number of benzene rings is 2. The van der Waals surface area contributed by atoms with Crippen LogP contribution in [0.4, 0.5) is 5.13 Å². The largest absolute Gasteiger partial charge is 0.478 e. The molecule has 8 heteroatoms. The summed E-state index contributed by atoms with van der Waals surface area (Å²) in [4.78, 5) is 28.4. The van der Waals surface area contributed by atoms with Crippen molar-refractivity contribution in [3.05, 3.63) is 76.2 Å². The van der Waals surface area contributed by atoms with Crippen molar-refractivity contribution in [3.8, 4) is 17.3 Å². The molecule has 7 nitrogen and oxygen atoms in total. The molecule has 0 fully saturated rings. The molecule has 1 aromatic heterocycles. The number of carbonyl (C=O) groups is 2. The van der Waals surface area contributed by atoms with Crippen LogP contribution in [0.1, 0.15) is 28.4 Å². The Labute approximate surface area is 175 Å². The van der Waals surface area contributed by atoms with Gasteiger partial charge in [-0.1, -0.05) is 24.3 Å². The molecule has 0 saturated carbocycles. The summed E-state index contributed by atoms with van der Waals surface area (Å²) in [5, 5.41) is 25.8. The SMILES string of the molecule is CC1=NN(c2nc(-c3ccc(C#N)cc3)cs2)C(=O)/C1=C/c1ccc(C(=O)O)cc1. The second-order valence-electron chi connectivity index (χ2n) is 6.49. The predicted octanol–water partition coefficient (Wildman–Crippen LogP) is 4.19. The quantitative estimate of drug-likeness (QED) is 0.644. The molecule has 2 heterocycles. The standard InChI is InChI=1S/C22H14N4O3S/c1-13-18(10-14-2-8-17(9-3-14)21(28)29)20(27)26(25-13)22-24-19(12-30-22)16-6-4-15(11-23)5-7-16/h2-10,12H,1H3,(H,28,29)/b18-10+. The number of nitrogens with zero attached hydrogens (tertiary/aromatic N) is 4. The third kappa shape index (κ3) is 3.62. The van der Waals surface area contributed by atoms with E-state index in [0.717, 1.165) is 5.56 Å². The highest BCUT2D eigenvalue weighted by molar-refractivity contribution is 7.14. The first kappa shape index (κ1) is 19.2. The van der Waals surface area contributed by atoms with Crippen molar-refractivity contribution < 1.29 is 14.7 Å². The van der Waals surface area contributed by atoms with E-state index in [0.29, 0.717) is 33.2 Å². The molecule has 146 valence electrons. The average molecular weight is 414 g/mol. The van der Waals surface area contributed by atoms with E-state index in [1.165, 1.54) is 28.5 Å².